The topological polar surface area (TPSA) is 53.4 Å². The minimum Gasteiger partial charge on any atom is -0.497 e. The van der Waals surface area contributed by atoms with Gasteiger partial charge in [0.1, 0.15) is 11.4 Å². The van der Waals surface area contributed by atoms with Crippen LogP contribution in [0.5, 0.6) is 5.75 Å². The van der Waals surface area contributed by atoms with Crippen LogP contribution in [0.3, 0.4) is 0 Å². The van der Waals surface area contributed by atoms with Crippen LogP contribution in [0.4, 0.5) is 4.79 Å². The molecule has 1 heterocycles. The highest BCUT2D eigenvalue weighted by Gasteiger charge is 2.21. The molecule has 0 aliphatic rings. The lowest BCUT2D eigenvalue weighted by Crippen LogP contribution is -2.28. The van der Waals surface area contributed by atoms with Gasteiger partial charge in [0, 0.05) is 5.56 Å². The van der Waals surface area contributed by atoms with Gasteiger partial charge in [-0.05, 0) is 58.2 Å². The van der Waals surface area contributed by atoms with E-state index in [0.717, 1.165) is 22.7 Å². The van der Waals surface area contributed by atoms with Crippen molar-refractivity contribution in [2.45, 2.75) is 53.1 Å². The van der Waals surface area contributed by atoms with Crippen LogP contribution >= 0.6 is 0 Å². The molecule has 0 saturated heterocycles. The second-order valence-corrected chi connectivity index (χ2v) is 7.40. The van der Waals surface area contributed by atoms with Gasteiger partial charge in [0.25, 0.3) is 0 Å². The SMILES string of the molecule is COc1ccc(C(C)/C=C/c2c(C)nn(C(=O)OC(C)(C)C)c2C)cc1. The molecule has 1 aromatic carbocycles. The first-order chi connectivity index (χ1) is 12.1. The molecule has 1 aromatic heterocycles. The molecule has 140 valence electrons. The number of carbonyl (C=O) groups excluding carboxylic acids is 1. The third kappa shape index (κ3) is 4.75. The van der Waals surface area contributed by atoms with Gasteiger partial charge in [-0.15, -0.1) is 0 Å². The van der Waals surface area contributed by atoms with E-state index < -0.39 is 11.7 Å². The standard InChI is InChI=1S/C21H28N2O3/c1-14(17-9-11-18(25-7)12-10-17)8-13-19-15(2)22-23(16(19)3)20(24)26-21(4,5)6/h8-14H,1-7H3/b13-8+. The van der Waals surface area contributed by atoms with Gasteiger partial charge >= 0.3 is 6.09 Å². The summed E-state index contributed by atoms with van der Waals surface area (Å²) >= 11 is 0. The smallest absolute Gasteiger partial charge is 0.435 e. The van der Waals surface area contributed by atoms with Crippen molar-refractivity contribution >= 4 is 12.2 Å². The van der Waals surface area contributed by atoms with E-state index >= 15 is 0 Å². The summed E-state index contributed by atoms with van der Waals surface area (Å²) in [7, 11) is 1.66. The van der Waals surface area contributed by atoms with Crippen molar-refractivity contribution < 1.29 is 14.3 Å². The Bertz CT molecular complexity index is 796. The van der Waals surface area contributed by atoms with Crippen molar-refractivity contribution in [1.29, 1.82) is 0 Å². The van der Waals surface area contributed by atoms with Gasteiger partial charge in [-0.3, -0.25) is 0 Å². The first-order valence-corrected chi connectivity index (χ1v) is 8.74. The molecule has 0 amide bonds. The number of carbonyl (C=O) groups is 1. The molecular weight excluding hydrogens is 328 g/mol. The number of nitrogens with zero attached hydrogens (tertiary/aromatic N) is 2. The lowest BCUT2D eigenvalue weighted by Gasteiger charge is -2.19. The predicted octanol–water partition coefficient (Wildman–Crippen LogP) is 5.11. The van der Waals surface area contributed by atoms with Crippen LogP contribution in [0, 0.1) is 13.8 Å². The quantitative estimate of drug-likeness (QED) is 0.764. The fourth-order valence-corrected chi connectivity index (χ4v) is 2.64. The number of aryl methyl sites for hydroxylation is 1. The van der Waals surface area contributed by atoms with Gasteiger partial charge in [-0.2, -0.15) is 9.78 Å². The van der Waals surface area contributed by atoms with E-state index in [-0.39, 0.29) is 5.92 Å². The van der Waals surface area contributed by atoms with Crippen LogP contribution in [-0.2, 0) is 4.74 Å². The highest BCUT2D eigenvalue weighted by Crippen LogP contribution is 2.23. The van der Waals surface area contributed by atoms with Gasteiger partial charge in [-0.1, -0.05) is 31.2 Å². The van der Waals surface area contributed by atoms with E-state index in [4.69, 9.17) is 9.47 Å². The molecule has 0 radical (unpaired) electrons. The summed E-state index contributed by atoms with van der Waals surface area (Å²) < 4.78 is 11.9. The number of allylic oxidation sites excluding steroid dienone is 1. The van der Waals surface area contributed by atoms with Crippen LogP contribution in [0.15, 0.2) is 30.3 Å². The number of hydrogen-bond donors (Lipinski definition) is 0. The lowest BCUT2D eigenvalue weighted by atomic mass is 9.99. The molecular formula is C21H28N2O3. The summed E-state index contributed by atoms with van der Waals surface area (Å²) in [6.07, 6.45) is 3.67. The summed E-state index contributed by atoms with van der Waals surface area (Å²) in [4.78, 5) is 12.3. The van der Waals surface area contributed by atoms with E-state index in [1.165, 1.54) is 10.2 Å². The maximum absolute atomic E-state index is 12.3. The maximum Gasteiger partial charge on any atom is 0.435 e. The van der Waals surface area contributed by atoms with Crippen LogP contribution in [0.25, 0.3) is 6.08 Å². The van der Waals surface area contributed by atoms with Crippen molar-refractivity contribution in [2.75, 3.05) is 7.11 Å². The van der Waals surface area contributed by atoms with E-state index in [2.05, 4.69) is 30.2 Å². The lowest BCUT2D eigenvalue weighted by molar-refractivity contribution is 0.0510. The fourth-order valence-electron chi connectivity index (χ4n) is 2.64. The molecule has 0 spiro atoms. The Morgan fingerprint density at radius 2 is 1.81 bits per heavy atom. The zero-order valence-corrected chi connectivity index (χ0v) is 16.7. The molecule has 0 aliphatic heterocycles. The molecule has 0 aliphatic carbocycles. The Morgan fingerprint density at radius 3 is 2.35 bits per heavy atom. The van der Waals surface area contributed by atoms with E-state index in [1.54, 1.807) is 7.11 Å². The van der Waals surface area contributed by atoms with Crippen LogP contribution in [-0.4, -0.2) is 28.6 Å². The summed E-state index contributed by atoms with van der Waals surface area (Å²) in [6.45, 7) is 11.4. The Balaban J connectivity index is 2.20. The van der Waals surface area contributed by atoms with Crippen molar-refractivity contribution in [3.8, 4) is 5.75 Å². The van der Waals surface area contributed by atoms with E-state index in [9.17, 15) is 4.79 Å². The third-order valence-electron chi connectivity index (χ3n) is 4.11. The second-order valence-electron chi connectivity index (χ2n) is 7.40. The molecule has 2 rings (SSSR count). The zero-order chi connectivity index (χ0) is 19.5. The fraction of sp³-hybridized carbons (Fsp3) is 0.429. The largest absolute Gasteiger partial charge is 0.497 e. The summed E-state index contributed by atoms with van der Waals surface area (Å²) in [6, 6.07) is 8.02. The van der Waals surface area contributed by atoms with Crippen LogP contribution in [0.2, 0.25) is 0 Å². The maximum atomic E-state index is 12.3. The number of aromatic nitrogens is 2. The summed E-state index contributed by atoms with van der Waals surface area (Å²) in [5, 5.41) is 4.34. The first-order valence-electron chi connectivity index (χ1n) is 8.74. The van der Waals surface area contributed by atoms with E-state index in [1.807, 2.05) is 52.8 Å². The monoisotopic (exact) mass is 356 g/mol. The number of rotatable bonds is 4. The van der Waals surface area contributed by atoms with E-state index in [0.29, 0.717) is 0 Å². The minimum atomic E-state index is -0.553. The Labute approximate surface area is 155 Å². The highest BCUT2D eigenvalue weighted by molar-refractivity contribution is 5.73. The zero-order valence-electron chi connectivity index (χ0n) is 16.7. The van der Waals surface area contributed by atoms with Crippen molar-refractivity contribution in [1.82, 2.24) is 9.78 Å². The normalized spacial score (nSPS) is 13.0. The molecule has 1 atom stereocenters. The first kappa shape index (κ1) is 19.8. The molecule has 5 nitrogen and oxygen atoms in total. The van der Waals surface area contributed by atoms with Crippen LogP contribution in [0.1, 0.15) is 56.1 Å². The Kier molecular flexibility index (Phi) is 5.90. The average molecular weight is 356 g/mol. The molecule has 0 fully saturated rings. The average Bonchev–Trinajstić information content (AvgIpc) is 2.85. The molecule has 0 bridgehead atoms. The number of hydrogen-bond acceptors (Lipinski definition) is 4. The minimum absolute atomic E-state index is 0.226. The highest BCUT2D eigenvalue weighted by atomic mass is 16.6. The molecule has 1 unspecified atom stereocenters. The number of benzene rings is 1. The molecule has 0 N–H and O–H groups in total. The van der Waals surface area contributed by atoms with Gasteiger partial charge in [0.2, 0.25) is 0 Å². The molecule has 0 saturated carbocycles. The Morgan fingerprint density at radius 1 is 1.19 bits per heavy atom. The van der Waals surface area contributed by atoms with Crippen LogP contribution < -0.4 is 4.74 Å². The Hall–Kier alpha value is -2.56. The molecule has 2 aromatic rings. The number of methoxy groups -OCH3 is 1. The molecule has 5 heteroatoms. The number of ether oxygens (including phenoxy) is 2. The summed E-state index contributed by atoms with van der Waals surface area (Å²) in [5.74, 6) is 1.07. The second kappa shape index (κ2) is 7.77. The van der Waals surface area contributed by atoms with Gasteiger partial charge in [0.15, 0.2) is 0 Å². The van der Waals surface area contributed by atoms with Gasteiger partial charge < -0.3 is 9.47 Å². The molecule has 26 heavy (non-hydrogen) atoms. The van der Waals surface area contributed by atoms with Crippen molar-refractivity contribution in [3.63, 3.8) is 0 Å². The van der Waals surface area contributed by atoms with Crippen molar-refractivity contribution in [2.24, 2.45) is 0 Å². The van der Waals surface area contributed by atoms with Gasteiger partial charge in [-0.25, -0.2) is 4.79 Å². The third-order valence-corrected chi connectivity index (χ3v) is 4.11. The summed E-state index contributed by atoms with van der Waals surface area (Å²) in [5.41, 5.74) is 3.15. The van der Waals surface area contributed by atoms with Gasteiger partial charge in [0.05, 0.1) is 18.5 Å². The van der Waals surface area contributed by atoms with Crippen molar-refractivity contribution in [3.05, 3.63) is 52.9 Å². The predicted molar refractivity (Wildman–Crippen MR) is 104 cm³/mol.